The zero-order chi connectivity index (χ0) is 14.5. The van der Waals surface area contributed by atoms with E-state index < -0.39 is 16.0 Å². The van der Waals surface area contributed by atoms with Gasteiger partial charge < -0.3 is 5.32 Å². The maximum absolute atomic E-state index is 12.2. The SMILES string of the molecule is C[C@H](C(=O)NC1CCCCC1)[S@@](=O)Cc1ccc(Cl)s1. The fourth-order valence-electron chi connectivity index (χ4n) is 2.38. The largest absolute Gasteiger partial charge is 0.352 e. The van der Waals surface area contributed by atoms with Gasteiger partial charge in [-0.3, -0.25) is 9.00 Å². The van der Waals surface area contributed by atoms with Gasteiger partial charge in [0.25, 0.3) is 0 Å². The minimum Gasteiger partial charge on any atom is -0.352 e. The molecule has 0 radical (unpaired) electrons. The minimum atomic E-state index is -1.20. The van der Waals surface area contributed by atoms with Gasteiger partial charge in [0.1, 0.15) is 5.25 Å². The van der Waals surface area contributed by atoms with Gasteiger partial charge in [-0.15, -0.1) is 11.3 Å². The van der Waals surface area contributed by atoms with Crippen LogP contribution in [-0.2, 0) is 21.3 Å². The average molecular weight is 334 g/mol. The first kappa shape index (κ1) is 16.0. The number of thiophene rings is 1. The van der Waals surface area contributed by atoms with Gasteiger partial charge in [-0.1, -0.05) is 30.9 Å². The lowest BCUT2D eigenvalue weighted by atomic mass is 9.95. The van der Waals surface area contributed by atoms with Crippen LogP contribution in [0.5, 0.6) is 0 Å². The molecule has 0 spiro atoms. The van der Waals surface area contributed by atoms with Crippen LogP contribution in [0.1, 0.15) is 43.9 Å². The Balaban J connectivity index is 1.84. The summed E-state index contributed by atoms with van der Waals surface area (Å²) in [6, 6.07) is 3.94. The highest BCUT2D eigenvalue weighted by Crippen LogP contribution is 2.23. The lowest BCUT2D eigenvalue weighted by molar-refractivity contribution is -0.121. The second-order valence-corrected chi connectivity index (χ2v) is 8.77. The quantitative estimate of drug-likeness (QED) is 0.896. The molecule has 2 rings (SSSR count). The summed E-state index contributed by atoms with van der Waals surface area (Å²) in [7, 11) is -1.20. The van der Waals surface area contributed by atoms with Crippen LogP contribution in [0.15, 0.2) is 12.1 Å². The van der Waals surface area contributed by atoms with E-state index in [1.54, 1.807) is 13.0 Å². The van der Waals surface area contributed by atoms with Crippen LogP contribution >= 0.6 is 22.9 Å². The van der Waals surface area contributed by atoms with E-state index >= 15 is 0 Å². The molecule has 1 aliphatic rings. The molecule has 0 aliphatic heterocycles. The van der Waals surface area contributed by atoms with E-state index in [4.69, 9.17) is 11.6 Å². The van der Waals surface area contributed by atoms with E-state index in [2.05, 4.69) is 5.32 Å². The van der Waals surface area contributed by atoms with Crippen molar-refractivity contribution in [2.75, 3.05) is 0 Å². The molecular weight excluding hydrogens is 314 g/mol. The Morgan fingerprint density at radius 3 is 2.75 bits per heavy atom. The monoisotopic (exact) mass is 333 g/mol. The smallest absolute Gasteiger partial charge is 0.235 e. The van der Waals surface area contributed by atoms with Crippen LogP contribution in [0.4, 0.5) is 0 Å². The van der Waals surface area contributed by atoms with Gasteiger partial charge in [-0.05, 0) is 31.9 Å². The molecule has 112 valence electrons. The number of carbonyl (C=O) groups is 1. The maximum atomic E-state index is 12.2. The third-order valence-corrected chi connectivity index (χ3v) is 6.64. The Hall–Kier alpha value is -0.390. The zero-order valence-electron chi connectivity index (χ0n) is 11.6. The highest BCUT2D eigenvalue weighted by atomic mass is 35.5. The van der Waals surface area contributed by atoms with Crippen LogP contribution in [0, 0.1) is 0 Å². The number of carbonyl (C=O) groups excluding carboxylic acids is 1. The first-order chi connectivity index (χ1) is 9.56. The van der Waals surface area contributed by atoms with Crippen LogP contribution in [0.3, 0.4) is 0 Å². The molecule has 0 bridgehead atoms. The summed E-state index contributed by atoms with van der Waals surface area (Å²) in [5.41, 5.74) is 0. The Morgan fingerprint density at radius 2 is 2.15 bits per heavy atom. The Kier molecular flexibility index (Phi) is 6.05. The first-order valence-electron chi connectivity index (χ1n) is 6.98. The molecule has 6 heteroatoms. The van der Waals surface area contributed by atoms with Crippen molar-refractivity contribution in [3.8, 4) is 0 Å². The second-order valence-electron chi connectivity index (χ2n) is 5.22. The van der Waals surface area contributed by atoms with Crippen molar-refractivity contribution in [3.63, 3.8) is 0 Å². The fourth-order valence-corrected chi connectivity index (χ4v) is 4.78. The van der Waals surface area contributed by atoms with Crippen molar-refractivity contribution in [3.05, 3.63) is 21.3 Å². The summed E-state index contributed by atoms with van der Waals surface area (Å²) in [4.78, 5) is 13.1. The summed E-state index contributed by atoms with van der Waals surface area (Å²) in [6.45, 7) is 1.74. The fraction of sp³-hybridized carbons (Fsp3) is 0.643. The van der Waals surface area contributed by atoms with Crippen molar-refractivity contribution in [2.24, 2.45) is 0 Å². The van der Waals surface area contributed by atoms with E-state index in [1.807, 2.05) is 6.07 Å². The summed E-state index contributed by atoms with van der Waals surface area (Å²) in [5, 5.41) is 2.56. The molecule has 2 atom stereocenters. The van der Waals surface area contributed by atoms with E-state index in [1.165, 1.54) is 30.6 Å². The zero-order valence-corrected chi connectivity index (χ0v) is 14.0. The van der Waals surface area contributed by atoms with Gasteiger partial charge in [-0.25, -0.2) is 0 Å². The molecule has 1 aromatic rings. The Bertz CT molecular complexity index is 483. The number of amides is 1. The van der Waals surface area contributed by atoms with Gasteiger partial charge >= 0.3 is 0 Å². The minimum absolute atomic E-state index is 0.0853. The summed E-state index contributed by atoms with van der Waals surface area (Å²) in [6.07, 6.45) is 5.70. The molecule has 0 unspecified atom stereocenters. The predicted molar refractivity (Wildman–Crippen MR) is 85.7 cm³/mol. The molecule has 1 aromatic heterocycles. The molecular formula is C14H20ClNO2S2. The highest BCUT2D eigenvalue weighted by molar-refractivity contribution is 7.85. The molecule has 1 amide bonds. The molecule has 1 aliphatic carbocycles. The molecule has 0 aromatic carbocycles. The maximum Gasteiger partial charge on any atom is 0.235 e. The lowest BCUT2D eigenvalue weighted by Gasteiger charge is -2.24. The Morgan fingerprint density at radius 1 is 1.45 bits per heavy atom. The predicted octanol–water partition coefficient (Wildman–Crippen LogP) is 3.49. The van der Waals surface area contributed by atoms with Crippen LogP contribution in [0.25, 0.3) is 0 Å². The van der Waals surface area contributed by atoms with E-state index in [0.717, 1.165) is 17.7 Å². The van der Waals surface area contributed by atoms with Gasteiger partial charge in [0.15, 0.2) is 0 Å². The normalized spacial score (nSPS) is 19.5. The first-order valence-corrected chi connectivity index (χ1v) is 9.55. The molecule has 1 fully saturated rings. The lowest BCUT2D eigenvalue weighted by Crippen LogP contribution is -2.42. The molecule has 1 saturated carbocycles. The summed E-state index contributed by atoms with van der Waals surface area (Å²) in [5.74, 6) is 0.314. The van der Waals surface area contributed by atoms with Crippen molar-refractivity contribution < 1.29 is 9.00 Å². The molecule has 0 saturated heterocycles. The van der Waals surface area contributed by atoms with Gasteiger partial charge in [0, 0.05) is 21.7 Å². The third kappa shape index (κ3) is 4.57. The van der Waals surface area contributed by atoms with E-state index in [9.17, 15) is 9.00 Å². The molecule has 1 heterocycles. The van der Waals surface area contributed by atoms with E-state index in [0.29, 0.717) is 10.1 Å². The number of hydrogen-bond acceptors (Lipinski definition) is 3. The van der Waals surface area contributed by atoms with Gasteiger partial charge in [-0.2, -0.15) is 0 Å². The van der Waals surface area contributed by atoms with Gasteiger partial charge in [0.2, 0.25) is 5.91 Å². The number of halogens is 1. The molecule has 3 nitrogen and oxygen atoms in total. The average Bonchev–Trinajstić information content (AvgIpc) is 2.84. The second kappa shape index (κ2) is 7.57. The van der Waals surface area contributed by atoms with Crippen LogP contribution < -0.4 is 5.32 Å². The standard InChI is InChI=1S/C14H20ClNO2S2/c1-10(14(17)16-11-5-3-2-4-6-11)20(18)9-12-7-8-13(15)19-12/h7-8,10-11H,2-6,9H2,1H3,(H,16,17)/t10-,20+/m1/s1. The number of nitrogens with one attached hydrogen (secondary N) is 1. The molecule has 20 heavy (non-hydrogen) atoms. The summed E-state index contributed by atoms with van der Waals surface area (Å²) < 4.78 is 12.9. The van der Waals surface area contributed by atoms with Crippen molar-refractivity contribution in [1.82, 2.24) is 5.32 Å². The topological polar surface area (TPSA) is 46.2 Å². The third-order valence-electron chi connectivity index (χ3n) is 3.63. The van der Waals surface area contributed by atoms with Gasteiger partial charge in [0.05, 0.1) is 10.1 Å². The van der Waals surface area contributed by atoms with Crippen LogP contribution in [0.2, 0.25) is 4.34 Å². The molecule has 1 N–H and O–H groups in total. The number of rotatable bonds is 5. The summed E-state index contributed by atoms with van der Waals surface area (Å²) >= 11 is 7.28. The number of hydrogen-bond donors (Lipinski definition) is 1. The Labute approximate surface area is 131 Å². The van der Waals surface area contributed by atoms with Crippen molar-refractivity contribution >= 4 is 39.6 Å². The highest BCUT2D eigenvalue weighted by Gasteiger charge is 2.24. The van der Waals surface area contributed by atoms with E-state index in [-0.39, 0.29) is 11.9 Å². The van der Waals surface area contributed by atoms with Crippen molar-refractivity contribution in [2.45, 2.75) is 56.1 Å². The van der Waals surface area contributed by atoms with Crippen LogP contribution in [-0.4, -0.2) is 21.4 Å². The van der Waals surface area contributed by atoms with Crippen molar-refractivity contribution in [1.29, 1.82) is 0 Å².